The first-order valence-electron chi connectivity index (χ1n) is 10.4. The molecular formula is C21H32FN3O4. The van der Waals surface area contributed by atoms with Gasteiger partial charge in [-0.25, -0.2) is 14.2 Å². The fraction of sp³-hybridized carbons (Fsp3) is 0.714. The molecule has 1 atom stereocenters. The van der Waals surface area contributed by atoms with Crippen molar-refractivity contribution in [3.05, 3.63) is 17.8 Å². The number of carbonyl (C=O) groups is 1. The molecule has 162 valence electrons. The van der Waals surface area contributed by atoms with E-state index in [-0.39, 0.29) is 12.9 Å². The summed E-state index contributed by atoms with van der Waals surface area (Å²) < 4.78 is 30.4. The molecule has 7 nitrogen and oxygen atoms in total. The average molecular weight is 410 g/mol. The number of pyridine rings is 1. The Morgan fingerprint density at radius 3 is 2.69 bits per heavy atom. The SMILES string of the molecule is CC(C)(C)OC(=O)Nc1cc(N2CCC(F)CC2)cc(COC2CCCCO2)n1. The van der Waals surface area contributed by atoms with Gasteiger partial charge in [0.05, 0.1) is 12.3 Å². The molecule has 29 heavy (non-hydrogen) atoms. The van der Waals surface area contributed by atoms with E-state index in [1.165, 1.54) is 0 Å². The maximum atomic E-state index is 13.5. The van der Waals surface area contributed by atoms with Gasteiger partial charge in [0, 0.05) is 31.5 Å². The summed E-state index contributed by atoms with van der Waals surface area (Å²) in [6, 6.07) is 3.73. The molecule has 1 aromatic heterocycles. The molecule has 1 N–H and O–H groups in total. The number of nitrogens with zero attached hydrogens (tertiary/aromatic N) is 2. The molecule has 0 bridgehead atoms. The zero-order chi connectivity index (χ0) is 20.9. The molecule has 2 aliphatic heterocycles. The van der Waals surface area contributed by atoms with Crippen molar-refractivity contribution >= 4 is 17.6 Å². The zero-order valence-electron chi connectivity index (χ0n) is 17.6. The van der Waals surface area contributed by atoms with E-state index in [0.717, 1.165) is 24.9 Å². The van der Waals surface area contributed by atoms with Gasteiger partial charge < -0.3 is 19.1 Å². The van der Waals surface area contributed by atoms with Crippen LogP contribution in [-0.2, 0) is 20.8 Å². The van der Waals surface area contributed by atoms with E-state index in [2.05, 4.69) is 15.2 Å². The highest BCUT2D eigenvalue weighted by molar-refractivity contribution is 5.84. The number of halogens is 1. The Morgan fingerprint density at radius 1 is 1.28 bits per heavy atom. The van der Waals surface area contributed by atoms with Crippen LogP contribution in [0.2, 0.25) is 0 Å². The fourth-order valence-electron chi connectivity index (χ4n) is 3.43. The van der Waals surface area contributed by atoms with Crippen LogP contribution in [-0.4, -0.2) is 48.8 Å². The summed E-state index contributed by atoms with van der Waals surface area (Å²) in [5.74, 6) is 0.391. The quantitative estimate of drug-likeness (QED) is 0.777. The molecule has 1 amide bonds. The van der Waals surface area contributed by atoms with E-state index >= 15 is 0 Å². The molecular weight excluding hydrogens is 377 g/mol. The van der Waals surface area contributed by atoms with E-state index in [9.17, 15) is 9.18 Å². The topological polar surface area (TPSA) is 72.9 Å². The van der Waals surface area contributed by atoms with Crippen molar-refractivity contribution in [1.82, 2.24) is 4.98 Å². The number of alkyl halides is 1. The van der Waals surface area contributed by atoms with E-state index in [1.54, 1.807) is 26.8 Å². The molecule has 0 aromatic carbocycles. The summed E-state index contributed by atoms with van der Waals surface area (Å²) in [6.07, 6.45) is 2.47. The molecule has 2 aliphatic rings. The second-order valence-electron chi connectivity index (χ2n) is 8.60. The van der Waals surface area contributed by atoms with Crippen LogP contribution in [0.5, 0.6) is 0 Å². The van der Waals surface area contributed by atoms with Gasteiger partial charge in [0.1, 0.15) is 17.6 Å². The summed E-state index contributed by atoms with van der Waals surface area (Å²) in [6.45, 7) is 7.66. The van der Waals surface area contributed by atoms with E-state index < -0.39 is 17.9 Å². The number of piperidine rings is 1. The number of ether oxygens (including phenoxy) is 3. The summed E-state index contributed by atoms with van der Waals surface area (Å²) in [5, 5.41) is 2.71. The standard InChI is InChI=1S/C21H32FN3O4/c1-21(2,3)29-20(26)24-18-13-17(25-9-7-15(22)8-10-25)12-16(23-18)14-28-19-6-4-5-11-27-19/h12-13,15,19H,4-11,14H2,1-3H3,(H,23,24,26). The molecule has 8 heteroatoms. The normalized spacial score (nSPS) is 21.1. The van der Waals surface area contributed by atoms with Crippen molar-refractivity contribution in [3.8, 4) is 0 Å². The molecule has 1 aromatic rings. The lowest BCUT2D eigenvalue weighted by atomic mass is 10.1. The van der Waals surface area contributed by atoms with Crippen LogP contribution in [0.1, 0.15) is 58.6 Å². The lowest BCUT2D eigenvalue weighted by molar-refractivity contribution is -0.169. The highest BCUT2D eigenvalue weighted by atomic mass is 19.1. The number of rotatable bonds is 5. The maximum absolute atomic E-state index is 13.5. The number of amides is 1. The number of anilines is 2. The molecule has 0 aliphatic carbocycles. The third-order valence-corrected chi connectivity index (χ3v) is 4.84. The van der Waals surface area contributed by atoms with Gasteiger partial charge in [-0.05, 0) is 58.9 Å². The number of carbonyl (C=O) groups excluding carboxylic acids is 1. The number of hydrogen-bond donors (Lipinski definition) is 1. The first-order chi connectivity index (χ1) is 13.8. The first kappa shape index (κ1) is 21.8. The zero-order valence-corrected chi connectivity index (χ0v) is 17.6. The van der Waals surface area contributed by atoms with Crippen molar-refractivity contribution in [3.63, 3.8) is 0 Å². The van der Waals surface area contributed by atoms with Gasteiger partial charge >= 0.3 is 6.09 Å². The highest BCUT2D eigenvalue weighted by Crippen LogP contribution is 2.26. The van der Waals surface area contributed by atoms with Gasteiger partial charge in [-0.2, -0.15) is 0 Å². The predicted molar refractivity (Wildman–Crippen MR) is 109 cm³/mol. The Kier molecular flexibility index (Phi) is 7.29. The second-order valence-corrected chi connectivity index (χ2v) is 8.60. The molecule has 3 rings (SSSR count). The van der Waals surface area contributed by atoms with Gasteiger partial charge in [-0.1, -0.05) is 0 Å². The maximum Gasteiger partial charge on any atom is 0.413 e. The van der Waals surface area contributed by atoms with Gasteiger partial charge in [0.25, 0.3) is 0 Å². The van der Waals surface area contributed by atoms with Gasteiger partial charge in [0.2, 0.25) is 0 Å². The van der Waals surface area contributed by atoms with E-state index in [0.29, 0.717) is 44.0 Å². The van der Waals surface area contributed by atoms with Gasteiger partial charge in [-0.15, -0.1) is 0 Å². The summed E-state index contributed by atoms with van der Waals surface area (Å²) >= 11 is 0. The smallest absolute Gasteiger partial charge is 0.413 e. The van der Waals surface area contributed by atoms with Crippen molar-refractivity contribution in [1.29, 1.82) is 0 Å². The number of aromatic nitrogens is 1. The Labute approximate surface area is 171 Å². The van der Waals surface area contributed by atoms with Crippen LogP contribution in [0, 0.1) is 0 Å². The molecule has 1 unspecified atom stereocenters. The third-order valence-electron chi connectivity index (χ3n) is 4.84. The predicted octanol–water partition coefficient (Wildman–Crippen LogP) is 4.41. The van der Waals surface area contributed by atoms with Gasteiger partial charge in [-0.3, -0.25) is 5.32 Å². The molecule has 2 saturated heterocycles. The lowest BCUT2D eigenvalue weighted by Gasteiger charge is -2.31. The minimum atomic E-state index is -0.751. The van der Waals surface area contributed by atoms with Crippen LogP contribution < -0.4 is 10.2 Å². The first-order valence-corrected chi connectivity index (χ1v) is 10.4. The minimum absolute atomic E-state index is 0.223. The van der Waals surface area contributed by atoms with Crippen LogP contribution in [0.15, 0.2) is 12.1 Å². The monoisotopic (exact) mass is 409 g/mol. The van der Waals surface area contributed by atoms with Crippen molar-refractivity contribution in [2.75, 3.05) is 29.9 Å². The van der Waals surface area contributed by atoms with Gasteiger partial charge in [0.15, 0.2) is 6.29 Å². The summed E-state index contributed by atoms with van der Waals surface area (Å²) in [5.41, 5.74) is 0.973. The van der Waals surface area contributed by atoms with Crippen molar-refractivity contribution in [2.45, 2.75) is 77.5 Å². The highest BCUT2D eigenvalue weighted by Gasteiger charge is 2.22. The Balaban J connectivity index is 1.72. The minimum Gasteiger partial charge on any atom is -0.444 e. The molecule has 0 radical (unpaired) electrons. The van der Waals surface area contributed by atoms with Crippen LogP contribution in [0.3, 0.4) is 0 Å². The molecule has 0 saturated carbocycles. The van der Waals surface area contributed by atoms with E-state index in [1.807, 2.05) is 6.07 Å². The lowest BCUT2D eigenvalue weighted by Crippen LogP contribution is -2.34. The van der Waals surface area contributed by atoms with Crippen molar-refractivity contribution in [2.24, 2.45) is 0 Å². The van der Waals surface area contributed by atoms with E-state index in [4.69, 9.17) is 14.2 Å². The molecule has 0 spiro atoms. The number of hydrogen-bond acceptors (Lipinski definition) is 6. The average Bonchev–Trinajstić information content (AvgIpc) is 2.66. The molecule has 3 heterocycles. The van der Waals surface area contributed by atoms with Crippen molar-refractivity contribution < 1.29 is 23.4 Å². The summed E-state index contributed by atoms with van der Waals surface area (Å²) in [4.78, 5) is 18.8. The molecule has 2 fully saturated rings. The van der Waals surface area contributed by atoms with Crippen LogP contribution >= 0.6 is 0 Å². The Bertz CT molecular complexity index is 681. The Morgan fingerprint density at radius 2 is 2.03 bits per heavy atom. The Hall–Kier alpha value is -1.93. The third kappa shape index (κ3) is 7.12. The van der Waals surface area contributed by atoms with Crippen LogP contribution in [0.25, 0.3) is 0 Å². The largest absolute Gasteiger partial charge is 0.444 e. The number of nitrogens with one attached hydrogen (secondary N) is 1. The fourth-order valence-corrected chi connectivity index (χ4v) is 3.43. The summed E-state index contributed by atoms with van der Waals surface area (Å²) in [7, 11) is 0. The van der Waals surface area contributed by atoms with Crippen LogP contribution in [0.4, 0.5) is 20.7 Å². The second kappa shape index (κ2) is 9.71.